The maximum atomic E-state index is 12.6. The lowest BCUT2D eigenvalue weighted by molar-refractivity contribution is -0.161. The monoisotopic (exact) mass is 752 g/mol. The van der Waals surface area contributed by atoms with Gasteiger partial charge in [0.2, 0.25) is 0 Å². The number of hydrogen-bond donors (Lipinski definition) is 2. The van der Waals surface area contributed by atoms with Crippen LogP contribution in [0.3, 0.4) is 0 Å². The summed E-state index contributed by atoms with van der Waals surface area (Å²) in [5.74, 6) is -0.861. The predicted molar refractivity (Wildman–Crippen MR) is 215 cm³/mol. The lowest BCUT2D eigenvalue weighted by Gasteiger charge is -2.20. The van der Waals surface area contributed by atoms with Gasteiger partial charge in [0.25, 0.3) is 0 Å². The van der Waals surface area contributed by atoms with E-state index in [0.29, 0.717) is 13.0 Å². The first-order chi connectivity index (χ1) is 25.3. The van der Waals surface area contributed by atoms with Crippen LogP contribution in [-0.4, -0.2) is 56.3 Å². The summed E-state index contributed by atoms with van der Waals surface area (Å²) in [5.41, 5.74) is 0. The Hall–Kier alpha value is -2.29. The smallest absolute Gasteiger partial charge is 0.462 e. The lowest BCUT2D eigenvalue weighted by Crippen LogP contribution is -2.29. The molecule has 0 saturated carbocycles. The number of unbranched alkanes of at least 4 members (excludes halogenated alkanes) is 13. The van der Waals surface area contributed by atoms with E-state index in [1.54, 1.807) is 7.05 Å². The maximum absolute atomic E-state index is 12.6. The summed E-state index contributed by atoms with van der Waals surface area (Å²) < 4.78 is 33.0. The molecule has 2 unspecified atom stereocenters. The van der Waals surface area contributed by atoms with E-state index in [0.717, 1.165) is 83.5 Å². The second-order valence-corrected chi connectivity index (χ2v) is 14.6. The molecule has 0 bridgehead atoms. The minimum Gasteiger partial charge on any atom is -0.462 e. The Morgan fingerprint density at radius 2 is 1.06 bits per heavy atom. The van der Waals surface area contributed by atoms with Crippen LogP contribution in [0.1, 0.15) is 155 Å². The van der Waals surface area contributed by atoms with Crippen molar-refractivity contribution in [2.45, 2.75) is 161 Å². The van der Waals surface area contributed by atoms with Gasteiger partial charge in [0.05, 0.1) is 13.2 Å². The number of phosphoric ester groups is 1. The normalized spacial score (nSPS) is 14.0. The van der Waals surface area contributed by atoms with Crippen molar-refractivity contribution in [3.8, 4) is 0 Å². The molecule has 0 aromatic rings. The van der Waals surface area contributed by atoms with Gasteiger partial charge < -0.3 is 19.7 Å². The summed E-state index contributed by atoms with van der Waals surface area (Å²) in [4.78, 5) is 34.9. The van der Waals surface area contributed by atoms with Crippen LogP contribution >= 0.6 is 7.82 Å². The molecule has 0 aliphatic rings. The van der Waals surface area contributed by atoms with Gasteiger partial charge >= 0.3 is 19.8 Å². The number of nitrogens with one attached hydrogen (secondary N) is 1. The van der Waals surface area contributed by atoms with Crippen molar-refractivity contribution in [2.24, 2.45) is 0 Å². The number of hydrogen-bond acceptors (Lipinski definition) is 8. The number of allylic oxidation sites excluding steroid dienone is 10. The van der Waals surface area contributed by atoms with Crippen LogP contribution in [0, 0.1) is 0 Å². The van der Waals surface area contributed by atoms with E-state index < -0.39 is 32.5 Å². The topological polar surface area (TPSA) is 120 Å². The van der Waals surface area contributed by atoms with Crippen molar-refractivity contribution in [1.29, 1.82) is 0 Å². The zero-order chi connectivity index (χ0) is 38.2. The summed E-state index contributed by atoms with van der Waals surface area (Å²) in [6.07, 6.45) is 42.6. The molecule has 0 aliphatic carbocycles. The van der Waals surface area contributed by atoms with E-state index in [2.05, 4.69) is 79.9 Å². The summed E-state index contributed by atoms with van der Waals surface area (Å²) >= 11 is 0. The molecule has 9 nitrogen and oxygen atoms in total. The highest BCUT2D eigenvalue weighted by Gasteiger charge is 2.26. The van der Waals surface area contributed by atoms with Crippen LogP contribution in [0.15, 0.2) is 60.8 Å². The number of phosphoric acid groups is 1. The Morgan fingerprint density at radius 3 is 1.63 bits per heavy atom. The molecule has 2 N–H and O–H groups in total. The lowest BCUT2D eigenvalue weighted by atomic mass is 10.1. The van der Waals surface area contributed by atoms with Gasteiger partial charge in [-0.1, -0.05) is 126 Å². The van der Waals surface area contributed by atoms with Gasteiger partial charge in [-0.2, -0.15) is 0 Å². The average Bonchev–Trinajstić information content (AvgIpc) is 3.12. The third-order valence-electron chi connectivity index (χ3n) is 8.11. The Labute approximate surface area is 317 Å². The van der Waals surface area contributed by atoms with Crippen LogP contribution in [0.5, 0.6) is 0 Å². The van der Waals surface area contributed by atoms with Crippen molar-refractivity contribution in [3.63, 3.8) is 0 Å². The highest BCUT2D eigenvalue weighted by molar-refractivity contribution is 7.47. The fourth-order valence-electron chi connectivity index (χ4n) is 4.99. The van der Waals surface area contributed by atoms with E-state index in [1.165, 1.54) is 38.5 Å². The number of carbonyl (C=O) groups is 2. The van der Waals surface area contributed by atoms with E-state index in [9.17, 15) is 19.0 Å². The standard InChI is InChI=1S/C42H74NO8P/c1-4-6-8-10-12-14-16-17-18-19-20-21-22-23-25-27-29-31-33-35-42(45)51-40(39-50-52(46,47)49-37-36-43-3)38-48-41(44)34-32-30-28-26-24-15-13-11-9-7-5-2/h11-14,17-18,20-21,23,25,40,43H,4-10,15-16,19,22,24,26-39H2,1-3H3,(H,46,47)/b13-11-,14-12-,18-17-,21-20-,25-23-. The minimum atomic E-state index is -4.36. The van der Waals surface area contributed by atoms with Gasteiger partial charge in [0.15, 0.2) is 6.10 Å². The van der Waals surface area contributed by atoms with Crippen molar-refractivity contribution >= 4 is 19.8 Å². The zero-order valence-electron chi connectivity index (χ0n) is 33.0. The molecule has 0 fully saturated rings. The number of ether oxygens (including phenoxy) is 2. The zero-order valence-corrected chi connectivity index (χ0v) is 33.9. The quantitative estimate of drug-likeness (QED) is 0.0276. The maximum Gasteiger partial charge on any atom is 0.472 e. The van der Waals surface area contributed by atoms with Crippen LogP contribution in [0.4, 0.5) is 0 Å². The molecule has 10 heteroatoms. The molecule has 0 radical (unpaired) electrons. The Kier molecular flexibility index (Phi) is 36.7. The summed E-state index contributed by atoms with van der Waals surface area (Å²) in [7, 11) is -2.67. The molecule has 0 spiro atoms. The van der Waals surface area contributed by atoms with Gasteiger partial charge in [-0.3, -0.25) is 18.6 Å². The van der Waals surface area contributed by atoms with Gasteiger partial charge in [-0.25, -0.2) is 4.57 Å². The van der Waals surface area contributed by atoms with Crippen molar-refractivity contribution in [2.75, 3.05) is 33.4 Å². The third kappa shape index (κ3) is 37.5. The van der Waals surface area contributed by atoms with Crippen LogP contribution in [0.2, 0.25) is 0 Å². The molecular formula is C42H74NO8P. The van der Waals surface area contributed by atoms with Gasteiger partial charge in [0, 0.05) is 19.4 Å². The molecule has 52 heavy (non-hydrogen) atoms. The van der Waals surface area contributed by atoms with Crippen molar-refractivity contribution < 1.29 is 37.6 Å². The first-order valence-corrected chi connectivity index (χ1v) is 21.7. The first kappa shape index (κ1) is 49.7. The van der Waals surface area contributed by atoms with Crippen molar-refractivity contribution in [1.82, 2.24) is 5.32 Å². The first-order valence-electron chi connectivity index (χ1n) is 20.2. The number of esters is 2. The molecule has 0 aliphatic heterocycles. The van der Waals surface area contributed by atoms with Crippen molar-refractivity contribution in [3.05, 3.63) is 60.8 Å². The second kappa shape index (κ2) is 38.4. The Morgan fingerprint density at radius 1 is 0.596 bits per heavy atom. The Balaban J connectivity index is 4.34. The van der Waals surface area contributed by atoms with E-state index in [-0.39, 0.29) is 26.1 Å². The Bertz CT molecular complexity index is 1040. The van der Waals surface area contributed by atoms with E-state index >= 15 is 0 Å². The molecule has 0 aromatic carbocycles. The van der Waals surface area contributed by atoms with E-state index in [4.69, 9.17) is 18.5 Å². The molecule has 300 valence electrons. The van der Waals surface area contributed by atoms with Crippen LogP contribution in [-0.2, 0) is 32.7 Å². The minimum absolute atomic E-state index is 0.0273. The van der Waals surface area contributed by atoms with Gasteiger partial charge in [-0.05, 0) is 84.1 Å². The summed E-state index contributed by atoms with van der Waals surface area (Å²) in [6.45, 7) is 4.08. The number of rotatable bonds is 37. The number of likely N-dealkylation sites (N-methyl/N-ethyl adjacent to an activating group) is 1. The van der Waals surface area contributed by atoms with Crippen LogP contribution in [0.25, 0.3) is 0 Å². The second-order valence-electron chi connectivity index (χ2n) is 13.1. The largest absolute Gasteiger partial charge is 0.472 e. The molecule has 0 rings (SSSR count). The molecular weight excluding hydrogens is 677 g/mol. The molecule has 0 amide bonds. The highest BCUT2D eigenvalue weighted by atomic mass is 31.2. The third-order valence-corrected chi connectivity index (χ3v) is 9.09. The van der Waals surface area contributed by atoms with E-state index in [1.807, 2.05) is 0 Å². The molecule has 0 saturated heterocycles. The molecule has 2 atom stereocenters. The predicted octanol–water partition coefficient (Wildman–Crippen LogP) is 11.2. The summed E-state index contributed by atoms with van der Waals surface area (Å²) in [6, 6.07) is 0. The average molecular weight is 752 g/mol. The van der Waals surface area contributed by atoms with Gasteiger partial charge in [0.1, 0.15) is 6.61 Å². The number of carbonyl (C=O) groups excluding carboxylic acids is 2. The highest BCUT2D eigenvalue weighted by Crippen LogP contribution is 2.43. The fourth-order valence-corrected chi connectivity index (χ4v) is 5.74. The van der Waals surface area contributed by atoms with Crippen LogP contribution < -0.4 is 5.32 Å². The molecule has 0 heterocycles. The summed E-state index contributed by atoms with van der Waals surface area (Å²) in [5, 5.41) is 2.81. The fraction of sp³-hybridized carbons (Fsp3) is 0.714. The SMILES string of the molecule is CCCC/C=C\CCCCCCCC(=O)OCC(COP(=O)(O)OCCNC)OC(=O)CCCCC/C=C\C/C=C\C/C=C\C/C=C\CCCCC. The molecule has 0 aromatic heterocycles. The van der Waals surface area contributed by atoms with Gasteiger partial charge in [-0.15, -0.1) is 0 Å².